The number of carbonyl (C=O) groups is 1. The fraction of sp³-hybridized carbons (Fsp3) is 0.357. The Morgan fingerprint density at radius 1 is 1.38 bits per heavy atom. The van der Waals surface area contributed by atoms with Crippen LogP contribution < -0.4 is 10.1 Å². The van der Waals surface area contributed by atoms with Crippen LogP contribution in [-0.4, -0.2) is 23.7 Å². The largest absolute Gasteiger partial charge is 0.497 e. The summed E-state index contributed by atoms with van der Waals surface area (Å²) in [4.78, 5) is 21.6. The van der Waals surface area contributed by atoms with Crippen molar-refractivity contribution in [3.05, 3.63) is 40.1 Å². The maximum Gasteiger partial charge on any atom is 0.412 e. The van der Waals surface area contributed by atoms with E-state index >= 15 is 0 Å². The molecule has 0 aliphatic carbocycles. The summed E-state index contributed by atoms with van der Waals surface area (Å²) in [5.41, 5.74) is 0.194. The van der Waals surface area contributed by atoms with Crippen molar-refractivity contribution < 1.29 is 19.2 Å². The van der Waals surface area contributed by atoms with Crippen molar-refractivity contribution in [3.63, 3.8) is 0 Å². The average molecular weight is 294 g/mol. The minimum Gasteiger partial charge on any atom is -0.497 e. The maximum absolute atomic E-state index is 11.8. The minimum absolute atomic E-state index is 0.363. The van der Waals surface area contributed by atoms with Crippen molar-refractivity contribution in [1.82, 2.24) is 0 Å². The molecule has 0 aliphatic heterocycles. The number of benzene rings is 1. The molecular formula is C14H18N2O5. The first-order valence-corrected chi connectivity index (χ1v) is 6.21. The molecule has 0 heterocycles. The second kappa shape index (κ2) is 6.74. The normalized spacial score (nSPS) is 11.2. The summed E-state index contributed by atoms with van der Waals surface area (Å²) < 4.78 is 10.2. The number of nitro groups is 1. The number of rotatable bonds is 4. The lowest BCUT2D eigenvalue weighted by atomic mass is 10.1. The first-order chi connectivity index (χ1) is 9.71. The van der Waals surface area contributed by atoms with Crippen molar-refractivity contribution in [3.8, 4) is 5.75 Å². The second-order valence-corrected chi connectivity index (χ2v) is 5.18. The zero-order chi connectivity index (χ0) is 16.0. The van der Waals surface area contributed by atoms with Gasteiger partial charge in [-0.25, -0.2) is 4.79 Å². The maximum atomic E-state index is 11.8. The smallest absolute Gasteiger partial charge is 0.412 e. The van der Waals surface area contributed by atoms with E-state index < -0.39 is 16.6 Å². The van der Waals surface area contributed by atoms with Crippen LogP contribution in [0, 0.1) is 10.1 Å². The zero-order valence-electron chi connectivity index (χ0n) is 12.4. The summed E-state index contributed by atoms with van der Waals surface area (Å²) in [6, 6.07) is 4.80. The summed E-state index contributed by atoms with van der Waals surface area (Å²) in [7, 11) is 1.49. The van der Waals surface area contributed by atoms with E-state index in [0.717, 1.165) is 6.20 Å². The molecule has 0 aliphatic rings. The van der Waals surface area contributed by atoms with Gasteiger partial charge in [0, 0.05) is 17.7 Å². The van der Waals surface area contributed by atoms with Crippen molar-refractivity contribution in [2.75, 3.05) is 12.4 Å². The highest BCUT2D eigenvalue weighted by Crippen LogP contribution is 2.24. The third-order valence-electron chi connectivity index (χ3n) is 2.27. The van der Waals surface area contributed by atoms with Crippen LogP contribution in [0.25, 0.3) is 6.08 Å². The van der Waals surface area contributed by atoms with Gasteiger partial charge in [-0.3, -0.25) is 15.4 Å². The van der Waals surface area contributed by atoms with Gasteiger partial charge in [-0.15, -0.1) is 0 Å². The molecule has 1 aromatic rings. The van der Waals surface area contributed by atoms with Crippen LogP contribution in [0.4, 0.5) is 10.5 Å². The Morgan fingerprint density at radius 3 is 2.57 bits per heavy atom. The van der Waals surface area contributed by atoms with Gasteiger partial charge in [0.25, 0.3) is 0 Å². The Kier molecular flexibility index (Phi) is 5.29. The molecule has 0 fully saturated rings. The van der Waals surface area contributed by atoms with Crippen LogP contribution in [0.3, 0.4) is 0 Å². The predicted molar refractivity (Wildman–Crippen MR) is 78.9 cm³/mol. The predicted octanol–water partition coefficient (Wildman–Crippen LogP) is 3.29. The van der Waals surface area contributed by atoms with Gasteiger partial charge < -0.3 is 9.47 Å². The lowest BCUT2D eigenvalue weighted by Crippen LogP contribution is -2.27. The fourth-order valence-electron chi connectivity index (χ4n) is 1.47. The number of nitrogens with zero attached hydrogens (tertiary/aromatic N) is 1. The van der Waals surface area contributed by atoms with Gasteiger partial charge in [0.1, 0.15) is 11.4 Å². The molecule has 0 saturated carbocycles. The van der Waals surface area contributed by atoms with E-state index in [1.54, 1.807) is 39.0 Å². The Balaban J connectivity index is 3.01. The molecule has 1 aromatic carbocycles. The molecule has 21 heavy (non-hydrogen) atoms. The highest BCUT2D eigenvalue weighted by Gasteiger charge is 2.17. The van der Waals surface area contributed by atoms with Gasteiger partial charge in [-0.1, -0.05) is 0 Å². The monoisotopic (exact) mass is 294 g/mol. The van der Waals surface area contributed by atoms with Gasteiger partial charge in [-0.2, -0.15) is 0 Å². The fourth-order valence-corrected chi connectivity index (χ4v) is 1.47. The molecule has 1 amide bonds. The summed E-state index contributed by atoms with van der Waals surface area (Å²) in [6.45, 7) is 5.23. The van der Waals surface area contributed by atoms with Gasteiger partial charge in [-0.05, 0) is 32.9 Å². The summed E-state index contributed by atoms with van der Waals surface area (Å²) >= 11 is 0. The number of ether oxygens (including phenoxy) is 2. The van der Waals surface area contributed by atoms with E-state index in [4.69, 9.17) is 9.47 Å². The summed E-state index contributed by atoms with van der Waals surface area (Å²) in [6.07, 6.45) is 1.43. The quantitative estimate of drug-likeness (QED) is 0.679. The Morgan fingerprint density at radius 2 is 2.05 bits per heavy atom. The summed E-state index contributed by atoms with van der Waals surface area (Å²) in [5, 5.41) is 12.9. The molecular weight excluding hydrogens is 276 g/mol. The van der Waals surface area contributed by atoms with Crippen LogP contribution in [0.2, 0.25) is 0 Å². The van der Waals surface area contributed by atoms with Crippen molar-refractivity contribution in [2.24, 2.45) is 0 Å². The molecule has 0 saturated heterocycles. The van der Waals surface area contributed by atoms with Crippen LogP contribution in [0.5, 0.6) is 5.75 Å². The summed E-state index contributed by atoms with van der Waals surface area (Å²) in [5.74, 6) is 0.513. The standard InChI is InChI=1S/C14H18N2O5/c1-14(2,3)21-13(17)15-12-9-11(20-4)6-5-10(12)7-8-16(18)19/h5-9H,1-4H3,(H,15,17)/b8-7-. The first-order valence-electron chi connectivity index (χ1n) is 6.21. The van der Waals surface area contributed by atoms with E-state index in [-0.39, 0.29) is 0 Å². The molecule has 114 valence electrons. The van der Waals surface area contributed by atoms with E-state index in [9.17, 15) is 14.9 Å². The Hall–Kier alpha value is -2.57. The highest BCUT2D eigenvalue weighted by atomic mass is 16.6. The first kappa shape index (κ1) is 16.5. The van der Waals surface area contributed by atoms with Gasteiger partial charge in [0.15, 0.2) is 0 Å². The molecule has 7 heteroatoms. The van der Waals surface area contributed by atoms with Crippen LogP contribution >= 0.6 is 0 Å². The Labute approximate surface area is 122 Å². The molecule has 0 atom stereocenters. The number of anilines is 1. The van der Waals surface area contributed by atoms with Crippen LogP contribution in [0.1, 0.15) is 26.3 Å². The third kappa shape index (κ3) is 5.94. The number of amides is 1. The second-order valence-electron chi connectivity index (χ2n) is 5.18. The van der Waals surface area contributed by atoms with Gasteiger partial charge >= 0.3 is 6.09 Å². The molecule has 0 radical (unpaired) electrons. The SMILES string of the molecule is COc1ccc(/C=C\[N+](=O)[O-])c(NC(=O)OC(C)(C)C)c1. The van der Waals surface area contributed by atoms with Crippen molar-refractivity contribution in [1.29, 1.82) is 0 Å². The lowest BCUT2D eigenvalue weighted by Gasteiger charge is -2.20. The zero-order valence-corrected chi connectivity index (χ0v) is 12.4. The van der Waals surface area contributed by atoms with E-state index in [1.165, 1.54) is 13.2 Å². The van der Waals surface area contributed by atoms with Crippen molar-refractivity contribution in [2.45, 2.75) is 26.4 Å². The Bertz CT molecular complexity index is 561. The van der Waals surface area contributed by atoms with Crippen molar-refractivity contribution >= 4 is 17.9 Å². The van der Waals surface area contributed by atoms with E-state index in [1.807, 2.05) is 0 Å². The average Bonchev–Trinajstić information content (AvgIpc) is 2.34. The lowest BCUT2D eigenvalue weighted by molar-refractivity contribution is -0.400. The molecule has 1 rings (SSSR count). The number of hydrogen-bond donors (Lipinski definition) is 1. The molecule has 0 bridgehead atoms. The third-order valence-corrected chi connectivity index (χ3v) is 2.27. The van der Waals surface area contributed by atoms with Crippen LogP contribution in [0.15, 0.2) is 24.4 Å². The van der Waals surface area contributed by atoms with Gasteiger partial charge in [0.2, 0.25) is 6.20 Å². The highest BCUT2D eigenvalue weighted by molar-refractivity contribution is 5.88. The topological polar surface area (TPSA) is 90.7 Å². The van der Waals surface area contributed by atoms with Gasteiger partial charge in [0.05, 0.1) is 17.7 Å². The number of nitrogens with one attached hydrogen (secondary N) is 1. The number of methoxy groups -OCH3 is 1. The van der Waals surface area contributed by atoms with E-state index in [0.29, 0.717) is 17.0 Å². The minimum atomic E-state index is -0.647. The number of carbonyl (C=O) groups excluding carboxylic acids is 1. The molecule has 1 N–H and O–H groups in total. The van der Waals surface area contributed by atoms with E-state index in [2.05, 4.69) is 5.32 Å². The number of hydrogen-bond acceptors (Lipinski definition) is 5. The molecule has 0 aromatic heterocycles. The molecule has 0 spiro atoms. The van der Waals surface area contributed by atoms with Crippen LogP contribution in [-0.2, 0) is 4.74 Å². The molecule has 0 unspecified atom stereocenters. The molecule has 7 nitrogen and oxygen atoms in total.